The largest absolute Gasteiger partial charge is 0.350 e. The molecule has 1 aliphatic rings. The van der Waals surface area contributed by atoms with Crippen LogP contribution in [-0.2, 0) is 19.5 Å². The van der Waals surface area contributed by atoms with Crippen molar-refractivity contribution in [3.8, 4) is 0 Å². The Morgan fingerprint density at radius 2 is 1.84 bits per heavy atom. The van der Waals surface area contributed by atoms with Crippen LogP contribution in [0.1, 0.15) is 19.8 Å². The Balaban J connectivity index is 1.88. The molecule has 0 amide bonds. The summed E-state index contributed by atoms with van der Waals surface area (Å²) in [6.45, 7) is 3.43. The maximum absolute atomic E-state index is 12.0. The first-order valence-electron chi connectivity index (χ1n) is 6.34. The molecule has 1 N–H and O–H groups in total. The highest BCUT2D eigenvalue weighted by molar-refractivity contribution is 7.89. The lowest BCUT2D eigenvalue weighted by atomic mass is 10.2. The maximum atomic E-state index is 12.0. The molecule has 1 aromatic rings. The summed E-state index contributed by atoms with van der Waals surface area (Å²) >= 11 is 0. The second kappa shape index (κ2) is 6.00. The molecule has 106 valence electrons. The van der Waals surface area contributed by atoms with Gasteiger partial charge in [-0.15, -0.1) is 0 Å². The van der Waals surface area contributed by atoms with Gasteiger partial charge in [-0.1, -0.05) is 18.2 Å². The summed E-state index contributed by atoms with van der Waals surface area (Å²) in [7, 11) is -3.45. The van der Waals surface area contributed by atoms with Gasteiger partial charge in [-0.2, -0.15) is 0 Å². The van der Waals surface area contributed by atoms with E-state index in [4.69, 9.17) is 9.47 Å². The third-order valence-corrected chi connectivity index (χ3v) is 4.51. The molecular formula is C13H19NO4S. The quantitative estimate of drug-likeness (QED) is 0.890. The minimum absolute atomic E-state index is 0.269. The molecule has 5 nitrogen and oxygen atoms in total. The Kier molecular flexibility index (Phi) is 4.57. The lowest BCUT2D eigenvalue weighted by Crippen LogP contribution is -2.40. The van der Waals surface area contributed by atoms with Crippen LogP contribution in [0, 0.1) is 0 Å². The van der Waals surface area contributed by atoms with Gasteiger partial charge in [-0.05, 0) is 25.5 Å². The van der Waals surface area contributed by atoms with Gasteiger partial charge in [0.15, 0.2) is 5.79 Å². The van der Waals surface area contributed by atoms with Gasteiger partial charge in [0.1, 0.15) is 0 Å². The molecule has 1 fully saturated rings. The summed E-state index contributed by atoms with van der Waals surface area (Å²) in [6, 6.07) is 8.31. The van der Waals surface area contributed by atoms with Crippen LogP contribution < -0.4 is 4.72 Å². The first-order valence-corrected chi connectivity index (χ1v) is 7.83. The van der Waals surface area contributed by atoms with Crippen LogP contribution in [0.4, 0.5) is 0 Å². The standard InChI is InChI=1S/C13H19NO4S/c1-13(17-10-5-11-18-13)8-9-14-19(15,16)12-6-3-2-4-7-12/h2-4,6-7,14H,5,8-11H2,1H3. The van der Waals surface area contributed by atoms with Crippen molar-refractivity contribution in [2.45, 2.75) is 30.4 Å². The Morgan fingerprint density at radius 1 is 1.21 bits per heavy atom. The highest BCUT2D eigenvalue weighted by Crippen LogP contribution is 2.21. The van der Waals surface area contributed by atoms with E-state index < -0.39 is 15.8 Å². The number of benzene rings is 1. The fraction of sp³-hybridized carbons (Fsp3) is 0.538. The average Bonchev–Trinajstić information content (AvgIpc) is 2.40. The van der Waals surface area contributed by atoms with Gasteiger partial charge in [0.2, 0.25) is 10.0 Å². The monoisotopic (exact) mass is 285 g/mol. The molecule has 0 spiro atoms. The van der Waals surface area contributed by atoms with Crippen molar-refractivity contribution in [2.75, 3.05) is 19.8 Å². The summed E-state index contributed by atoms with van der Waals surface area (Å²) in [4.78, 5) is 0.269. The van der Waals surface area contributed by atoms with Gasteiger partial charge in [0.25, 0.3) is 0 Å². The third kappa shape index (κ3) is 4.01. The minimum Gasteiger partial charge on any atom is -0.350 e. The molecule has 0 aliphatic carbocycles. The van der Waals surface area contributed by atoms with Crippen LogP contribution in [-0.4, -0.2) is 34.0 Å². The summed E-state index contributed by atoms with van der Waals surface area (Å²) in [6.07, 6.45) is 1.37. The summed E-state index contributed by atoms with van der Waals surface area (Å²) < 4.78 is 37.6. The summed E-state index contributed by atoms with van der Waals surface area (Å²) in [5.41, 5.74) is 0. The Morgan fingerprint density at radius 3 is 2.47 bits per heavy atom. The molecule has 2 rings (SSSR count). The van der Waals surface area contributed by atoms with Gasteiger partial charge >= 0.3 is 0 Å². The second-order valence-electron chi connectivity index (χ2n) is 4.65. The fourth-order valence-electron chi connectivity index (χ4n) is 1.92. The van der Waals surface area contributed by atoms with E-state index in [2.05, 4.69) is 4.72 Å². The van der Waals surface area contributed by atoms with Crippen molar-refractivity contribution in [1.29, 1.82) is 0 Å². The molecule has 1 saturated heterocycles. The van der Waals surface area contributed by atoms with Crippen LogP contribution in [0.2, 0.25) is 0 Å². The van der Waals surface area contributed by atoms with Crippen molar-refractivity contribution < 1.29 is 17.9 Å². The van der Waals surface area contributed by atoms with E-state index in [-0.39, 0.29) is 11.4 Å². The number of rotatable bonds is 5. The van der Waals surface area contributed by atoms with E-state index in [1.807, 2.05) is 6.92 Å². The van der Waals surface area contributed by atoms with Crippen LogP contribution in [0.25, 0.3) is 0 Å². The molecule has 0 radical (unpaired) electrons. The molecular weight excluding hydrogens is 266 g/mol. The molecule has 1 heterocycles. The van der Waals surface area contributed by atoms with E-state index in [0.717, 1.165) is 6.42 Å². The average molecular weight is 285 g/mol. The zero-order valence-corrected chi connectivity index (χ0v) is 11.8. The highest BCUT2D eigenvalue weighted by atomic mass is 32.2. The van der Waals surface area contributed by atoms with Crippen molar-refractivity contribution >= 4 is 10.0 Å². The third-order valence-electron chi connectivity index (χ3n) is 3.03. The minimum atomic E-state index is -3.45. The van der Waals surface area contributed by atoms with Crippen molar-refractivity contribution in [3.05, 3.63) is 30.3 Å². The van der Waals surface area contributed by atoms with Crippen LogP contribution >= 0.6 is 0 Å². The molecule has 0 saturated carbocycles. The second-order valence-corrected chi connectivity index (χ2v) is 6.41. The Labute approximate surface area is 114 Å². The normalized spacial score (nSPS) is 19.2. The van der Waals surface area contributed by atoms with Gasteiger partial charge < -0.3 is 9.47 Å². The first-order chi connectivity index (χ1) is 9.02. The number of nitrogens with one attached hydrogen (secondary N) is 1. The smallest absolute Gasteiger partial charge is 0.240 e. The van der Waals surface area contributed by atoms with Gasteiger partial charge in [-0.25, -0.2) is 13.1 Å². The summed E-state index contributed by atoms with van der Waals surface area (Å²) in [5, 5.41) is 0. The number of sulfonamides is 1. The molecule has 0 aromatic heterocycles. The zero-order chi connectivity index (χ0) is 13.8. The van der Waals surface area contributed by atoms with Gasteiger partial charge in [0, 0.05) is 13.0 Å². The predicted molar refractivity (Wildman–Crippen MR) is 71.2 cm³/mol. The number of hydrogen-bond donors (Lipinski definition) is 1. The van der Waals surface area contributed by atoms with Gasteiger partial charge in [0.05, 0.1) is 18.1 Å². The van der Waals surface area contributed by atoms with E-state index in [1.165, 1.54) is 0 Å². The Hall–Kier alpha value is -0.950. The lowest BCUT2D eigenvalue weighted by Gasteiger charge is -2.33. The van der Waals surface area contributed by atoms with E-state index in [9.17, 15) is 8.42 Å². The molecule has 6 heteroatoms. The summed E-state index contributed by atoms with van der Waals surface area (Å²) in [5.74, 6) is -0.683. The van der Waals surface area contributed by atoms with Crippen molar-refractivity contribution in [1.82, 2.24) is 4.72 Å². The molecule has 0 unspecified atom stereocenters. The number of ether oxygens (including phenoxy) is 2. The van der Waals surface area contributed by atoms with Crippen molar-refractivity contribution in [3.63, 3.8) is 0 Å². The molecule has 1 aromatic carbocycles. The SMILES string of the molecule is CC1(CCNS(=O)(=O)c2ccccc2)OCCCO1. The number of hydrogen-bond acceptors (Lipinski definition) is 4. The van der Waals surface area contributed by atoms with E-state index >= 15 is 0 Å². The molecule has 19 heavy (non-hydrogen) atoms. The zero-order valence-electron chi connectivity index (χ0n) is 11.0. The fourth-order valence-corrected chi connectivity index (χ4v) is 2.97. The van der Waals surface area contributed by atoms with Crippen LogP contribution in [0.5, 0.6) is 0 Å². The predicted octanol–water partition coefficient (Wildman–Crippen LogP) is 1.51. The first kappa shape index (κ1) is 14.5. The molecule has 1 aliphatic heterocycles. The lowest BCUT2D eigenvalue weighted by molar-refractivity contribution is -0.257. The Bertz CT molecular complexity index is 495. The highest BCUT2D eigenvalue weighted by Gasteiger charge is 2.29. The van der Waals surface area contributed by atoms with Crippen molar-refractivity contribution in [2.24, 2.45) is 0 Å². The van der Waals surface area contributed by atoms with Crippen LogP contribution in [0.15, 0.2) is 35.2 Å². The molecule has 0 atom stereocenters. The molecule has 0 bridgehead atoms. The topological polar surface area (TPSA) is 64.6 Å². The maximum Gasteiger partial charge on any atom is 0.240 e. The van der Waals surface area contributed by atoms with E-state index in [0.29, 0.717) is 19.6 Å². The van der Waals surface area contributed by atoms with E-state index in [1.54, 1.807) is 30.3 Å². The van der Waals surface area contributed by atoms with Gasteiger partial charge in [-0.3, -0.25) is 0 Å². The van der Waals surface area contributed by atoms with Crippen LogP contribution in [0.3, 0.4) is 0 Å².